The van der Waals surface area contributed by atoms with Gasteiger partial charge in [0.1, 0.15) is 5.82 Å². The van der Waals surface area contributed by atoms with Crippen molar-refractivity contribution in [3.05, 3.63) is 52.5 Å². The Hall–Kier alpha value is -2.96. The van der Waals surface area contributed by atoms with E-state index in [-0.39, 0.29) is 17.7 Å². The van der Waals surface area contributed by atoms with Crippen molar-refractivity contribution < 1.29 is 9.59 Å². The summed E-state index contributed by atoms with van der Waals surface area (Å²) >= 11 is 0. The Morgan fingerprint density at radius 3 is 2.36 bits per heavy atom. The molecule has 2 aromatic heterocycles. The molecule has 2 aliphatic heterocycles. The van der Waals surface area contributed by atoms with Crippen molar-refractivity contribution in [2.45, 2.75) is 56.8 Å². The fourth-order valence-electron chi connectivity index (χ4n) is 5.25. The lowest BCUT2D eigenvalue weighted by atomic mass is 10.00. The summed E-state index contributed by atoms with van der Waals surface area (Å²) in [5, 5.41) is 2.86. The van der Waals surface area contributed by atoms with E-state index in [1.165, 1.54) is 36.8 Å². The molecule has 0 aromatic carbocycles. The lowest BCUT2D eigenvalue weighted by Crippen LogP contribution is -2.49. The number of amides is 2. The van der Waals surface area contributed by atoms with Crippen LogP contribution in [0.1, 0.15) is 82.6 Å². The molecule has 2 saturated heterocycles. The van der Waals surface area contributed by atoms with Crippen LogP contribution in [0.2, 0.25) is 0 Å². The second-order valence-corrected chi connectivity index (χ2v) is 10.1. The third kappa shape index (κ3) is 3.98. The van der Waals surface area contributed by atoms with Crippen LogP contribution in [0, 0.1) is 6.92 Å². The van der Waals surface area contributed by atoms with Gasteiger partial charge in [-0.15, -0.1) is 0 Å². The molecule has 33 heavy (non-hydrogen) atoms. The van der Waals surface area contributed by atoms with E-state index >= 15 is 0 Å². The quantitative estimate of drug-likeness (QED) is 0.765. The number of nitrogens with one attached hydrogen (secondary N) is 1. The standard InChI is InChI=1S/C26H31N5O2/c1-16-12-23(20-6-7-27-25(20)32)28-15-22(16)26(33)31-10-8-30(9-11-31)24-21(18-4-5-18)13-19(14-29-24)17-2-3-17/h12-15,17-18,20H,2-11H2,1H3,(H,27,32). The minimum absolute atomic E-state index is 0.0291. The second-order valence-electron chi connectivity index (χ2n) is 10.1. The summed E-state index contributed by atoms with van der Waals surface area (Å²) in [7, 11) is 0. The summed E-state index contributed by atoms with van der Waals surface area (Å²) in [6, 6.07) is 4.32. The molecular weight excluding hydrogens is 414 g/mol. The zero-order chi connectivity index (χ0) is 22.5. The first-order valence-electron chi connectivity index (χ1n) is 12.4. The Kier molecular flexibility index (Phi) is 5.07. The molecule has 172 valence electrons. The Balaban J connectivity index is 1.14. The lowest BCUT2D eigenvalue weighted by Gasteiger charge is -2.36. The SMILES string of the molecule is Cc1cc(C2CCNC2=O)ncc1C(=O)N1CCN(c2ncc(C3CC3)cc2C2CC2)CC1. The third-order valence-electron chi connectivity index (χ3n) is 7.62. The van der Waals surface area contributed by atoms with Crippen LogP contribution in [0.15, 0.2) is 24.5 Å². The van der Waals surface area contributed by atoms with Gasteiger partial charge in [-0.25, -0.2) is 4.98 Å². The highest BCUT2D eigenvalue weighted by molar-refractivity contribution is 5.95. The topological polar surface area (TPSA) is 78.4 Å². The van der Waals surface area contributed by atoms with Crippen molar-refractivity contribution in [3.63, 3.8) is 0 Å². The summed E-state index contributed by atoms with van der Waals surface area (Å²) in [5.74, 6) is 2.38. The Bertz CT molecular complexity index is 1100. The van der Waals surface area contributed by atoms with E-state index < -0.39 is 0 Å². The van der Waals surface area contributed by atoms with Gasteiger partial charge < -0.3 is 15.1 Å². The monoisotopic (exact) mass is 445 g/mol. The molecule has 4 heterocycles. The van der Waals surface area contributed by atoms with Gasteiger partial charge in [0.05, 0.1) is 17.2 Å². The van der Waals surface area contributed by atoms with Gasteiger partial charge in [-0.1, -0.05) is 6.07 Å². The van der Waals surface area contributed by atoms with Crippen LogP contribution in [-0.2, 0) is 4.79 Å². The van der Waals surface area contributed by atoms with E-state index in [1.807, 2.05) is 17.9 Å². The van der Waals surface area contributed by atoms with Gasteiger partial charge in [-0.2, -0.15) is 0 Å². The highest BCUT2D eigenvalue weighted by Crippen LogP contribution is 2.47. The number of carbonyl (C=O) groups excluding carboxylic acids is 2. The molecule has 7 heteroatoms. The number of aromatic nitrogens is 2. The number of pyridine rings is 2. The summed E-state index contributed by atoms with van der Waals surface area (Å²) in [6.07, 6.45) is 9.65. The van der Waals surface area contributed by atoms with Crippen molar-refractivity contribution in [2.24, 2.45) is 0 Å². The summed E-state index contributed by atoms with van der Waals surface area (Å²) < 4.78 is 0. The molecule has 2 aromatic rings. The lowest BCUT2D eigenvalue weighted by molar-refractivity contribution is -0.120. The molecular formula is C26H31N5O2. The van der Waals surface area contributed by atoms with E-state index in [0.717, 1.165) is 42.5 Å². The number of anilines is 1. The summed E-state index contributed by atoms with van der Waals surface area (Å²) in [6.45, 7) is 5.59. The molecule has 1 unspecified atom stereocenters. The molecule has 2 amide bonds. The molecule has 4 fully saturated rings. The molecule has 0 spiro atoms. The first kappa shape index (κ1) is 20.6. The van der Waals surface area contributed by atoms with Crippen LogP contribution < -0.4 is 10.2 Å². The van der Waals surface area contributed by atoms with Crippen molar-refractivity contribution in [1.29, 1.82) is 0 Å². The second kappa shape index (κ2) is 8.12. The number of hydrogen-bond acceptors (Lipinski definition) is 5. The number of rotatable bonds is 5. The number of hydrogen-bond donors (Lipinski definition) is 1. The predicted octanol–water partition coefficient (Wildman–Crippen LogP) is 3.11. The van der Waals surface area contributed by atoms with Gasteiger partial charge in [0.25, 0.3) is 5.91 Å². The molecule has 7 nitrogen and oxygen atoms in total. The molecule has 6 rings (SSSR count). The Labute approximate surface area is 194 Å². The molecule has 0 bridgehead atoms. The first-order valence-corrected chi connectivity index (χ1v) is 12.4. The third-order valence-corrected chi connectivity index (χ3v) is 7.62. The van der Waals surface area contributed by atoms with Crippen LogP contribution >= 0.6 is 0 Å². The van der Waals surface area contributed by atoms with E-state index in [4.69, 9.17) is 4.98 Å². The largest absolute Gasteiger partial charge is 0.355 e. The van der Waals surface area contributed by atoms with Crippen LogP contribution in [0.25, 0.3) is 0 Å². The maximum absolute atomic E-state index is 13.2. The van der Waals surface area contributed by atoms with E-state index in [2.05, 4.69) is 27.5 Å². The number of piperazine rings is 1. The summed E-state index contributed by atoms with van der Waals surface area (Å²) in [4.78, 5) is 38.9. The Morgan fingerprint density at radius 1 is 0.970 bits per heavy atom. The van der Waals surface area contributed by atoms with E-state index in [9.17, 15) is 9.59 Å². The predicted molar refractivity (Wildman–Crippen MR) is 126 cm³/mol. The van der Waals surface area contributed by atoms with E-state index in [1.54, 1.807) is 6.20 Å². The molecule has 4 aliphatic rings. The highest BCUT2D eigenvalue weighted by atomic mass is 16.2. The van der Waals surface area contributed by atoms with Crippen LogP contribution in [0.4, 0.5) is 5.82 Å². The van der Waals surface area contributed by atoms with Gasteiger partial charge in [0.2, 0.25) is 5.91 Å². The number of carbonyl (C=O) groups is 2. The average Bonchev–Trinajstić information content (AvgIpc) is 3.76. The van der Waals surface area contributed by atoms with Crippen LogP contribution in [0.5, 0.6) is 0 Å². The molecule has 0 radical (unpaired) electrons. The minimum atomic E-state index is -0.198. The van der Waals surface area contributed by atoms with Gasteiger partial charge in [0, 0.05) is 45.1 Å². The van der Waals surface area contributed by atoms with Crippen LogP contribution in [0.3, 0.4) is 0 Å². The zero-order valence-electron chi connectivity index (χ0n) is 19.2. The molecule has 1 N–H and O–H groups in total. The van der Waals surface area contributed by atoms with Crippen molar-refractivity contribution in [1.82, 2.24) is 20.2 Å². The number of nitrogens with zero attached hydrogens (tertiary/aromatic N) is 4. The fourth-order valence-corrected chi connectivity index (χ4v) is 5.25. The summed E-state index contributed by atoms with van der Waals surface area (Å²) in [5.41, 5.74) is 5.12. The van der Waals surface area contributed by atoms with Crippen molar-refractivity contribution in [2.75, 3.05) is 37.6 Å². The van der Waals surface area contributed by atoms with Crippen LogP contribution in [-0.4, -0.2) is 59.4 Å². The minimum Gasteiger partial charge on any atom is -0.355 e. The highest BCUT2D eigenvalue weighted by Gasteiger charge is 2.33. The van der Waals surface area contributed by atoms with Gasteiger partial charge in [-0.05, 0) is 73.6 Å². The smallest absolute Gasteiger partial charge is 0.255 e. The molecule has 2 aliphatic carbocycles. The first-order chi connectivity index (χ1) is 16.1. The van der Waals surface area contributed by atoms with Crippen molar-refractivity contribution in [3.8, 4) is 0 Å². The van der Waals surface area contributed by atoms with Crippen molar-refractivity contribution >= 4 is 17.6 Å². The maximum Gasteiger partial charge on any atom is 0.255 e. The maximum atomic E-state index is 13.2. The zero-order valence-corrected chi connectivity index (χ0v) is 19.2. The van der Waals surface area contributed by atoms with E-state index in [0.29, 0.717) is 31.1 Å². The van der Waals surface area contributed by atoms with Gasteiger partial charge in [0.15, 0.2) is 0 Å². The normalized spacial score (nSPS) is 23.1. The average molecular weight is 446 g/mol. The van der Waals surface area contributed by atoms with Gasteiger partial charge in [-0.3, -0.25) is 14.6 Å². The Morgan fingerprint density at radius 2 is 1.73 bits per heavy atom. The van der Waals surface area contributed by atoms with Gasteiger partial charge >= 0.3 is 0 Å². The number of aryl methyl sites for hydroxylation is 1. The fraction of sp³-hybridized carbons (Fsp3) is 0.538. The molecule has 1 atom stereocenters. The molecule has 2 saturated carbocycles.